The molecule has 10 nitrogen and oxygen atoms in total. The van der Waals surface area contributed by atoms with Gasteiger partial charge in [0.05, 0.1) is 0 Å². The van der Waals surface area contributed by atoms with Gasteiger partial charge in [-0.15, -0.1) is 0 Å². The molecule has 0 atom stereocenters. The van der Waals surface area contributed by atoms with Crippen molar-refractivity contribution < 1.29 is 19.2 Å². The van der Waals surface area contributed by atoms with Crippen LogP contribution in [0.25, 0.3) is 0 Å². The lowest BCUT2D eigenvalue weighted by atomic mass is 10.1. The van der Waals surface area contributed by atoms with Crippen LogP contribution in [0.3, 0.4) is 0 Å². The smallest absolute Gasteiger partial charge is 0.234 e. The second-order valence-electron chi connectivity index (χ2n) is 7.18. The number of thioether (sulfide) groups is 1. The Labute approximate surface area is 197 Å². The summed E-state index contributed by atoms with van der Waals surface area (Å²) in [4.78, 5) is 44.2. The molecular weight excluding hydrogens is 432 g/mol. The highest BCUT2D eigenvalue weighted by molar-refractivity contribution is 7.98. The van der Waals surface area contributed by atoms with Gasteiger partial charge in [-0.2, -0.15) is 11.8 Å². The SMILES string of the molecule is CCCNC(=O)CCCCCC(=O)NNC.CSCCNC(=O)CCCCCC(=O)NN. The lowest BCUT2D eigenvalue weighted by molar-refractivity contribution is -0.122. The maximum atomic E-state index is 11.3. The third-order valence-corrected chi connectivity index (χ3v) is 4.85. The monoisotopic (exact) mass is 476 g/mol. The molecule has 0 bridgehead atoms. The predicted molar refractivity (Wildman–Crippen MR) is 130 cm³/mol. The molecule has 4 amide bonds. The van der Waals surface area contributed by atoms with Crippen molar-refractivity contribution >= 4 is 35.4 Å². The van der Waals surface area contributed by atoms with E-state index in [2.05, 4.69) is 26.9 Å². The minimum atomic E-state index is -0.149. The topological polar surface area (TPSA) is 154 Å². The van der Waals surface area contributed by atoms with E-state index >= 15 is 0 Å². The first-order chi connectivity index (χ1) is 15.4. The third kappa shape index (κ3) is 26.2. The highest BCUT2D eigenvalue weighted by Gasteiger charge is 2.03. The van der Waals surface area contributed by atoms with Gasteiger partial charge in [0.15, 0.2) is 0 Å². The molecule has 7 N–H and O–H groups in total. The molecule has 0 aromatic heterocycles. The van der Waals surface area contributed by atoms with E-state index in [0.29, 0.717) is 25.7 Å². The molecule has 0 unspecified atom stereocenters. The molecule has 0 rings (SSSR count). The van der Waals surface area contributed by atoms with Crippen molar-refractivity contribution in [2.75, 3.05) is 32.1 Å². The van der Waals surface area contributed by atoms with E-state index in [1.165, 1.54) is 0 Å². The summed E-state index contributed by atoms with van der Waals surface area (Å²) < 4.78 is 0. The first-order valence-electron chi connectivity index (χ1n) is 11.4. The Morgan fingerprint density at radius 2 is 1.19 bits per heavy atom. The van der Waals surface area contributed by atoms with Crippen LogP contribution in [0.15, 0.2) is 0 Å². The van der Waals surface area contributed by atoms with E-state index in [1.54, 1.807) is 18.8 Å². The maximum absolute atomic E-state index is 11.3. The summed E-state index contributed by atoms with van der Waals surface area (Å²) in [5.74, 6) is 5.94. The Morgan fingerprint density at radius 1 is 0.719 bits per heavy atom. The van der Waals surface area contributed by atoms with Gasteiger partial charge in [-0.1, -0.05) is 19.8 Å². The Kier molecular flexibility index (Phi) is 25.7. The number of hydrogen-bond donors (Lipinski definition) is 6. The molecule has 0 aromatic carbocycles. The molecule has 0 heterocycles. The molecule has 0 aliphatic carbocycles. The second-order valence-corrected chi connectivity index (χ2v) is 8.17. The van der Waals surface area contributed by atoms with Crippen molar-refractivity contribution in [2.24, 2.45) is 5.84 Å². The van der Waals surface area contributed by atoms with Gasteiger partial charge in [0.1, 0.15) is 0 Å². The van der Waals surface area contributed by atoms with Gasteiger partial charge >= 0.3 is 0 Å². The molecule has 0 aromatic rings. The van der Waals surface area contributed by atoms with Crippen molar-refractivity contribution in [3.05, 3.63) is 0 Å². The van der Waals surface area contributed by atoms with E-state index in [1.807, 2.05) is 13.2 Å². The minimum Gasteiger partial charge on any atom is -0.356 e. The summed E-state index contributed by atoms with van der Waals surface area (Å²) in [5.41, 5.74) is 7.17. The molecule has 188 valence electrons. The summed E-state index contributed by atoms with van der Waals surface area (Å²) in [5, 5.41) is 5.66. The zero-order valence-electron chi connectivity index (χ0n) is 20.0. The van der Waals surface area contributed by atoms with E-state index in [9.17, 15) is 19.2 Å². The maximum Gasteiger partial charge on any atom is 0.234 e. The minimum absolute atomic E-state index is 0.00191. The Morgan fingerprint density at radius 3 is 1.62 bits per heavy atom. The van der Waals surface area contributed by atoms with Crippen molar-refractivity contribution in [1.82, 2.24) is 26.9 Å². The van der Waals surface area contributed by atoms with Crippen LogP contribution in [0.2, 0.25) is 0 Å². The fraction of sp³-hybridized carbons (Fsp3) is 0.810. The number of carbonyl (C=O) groups excluding carboxylic acids is 4. The first-order valence-corrected chi connectivity index (χ1v) is 12.8. The Balaban J connectivity index is 0. The van der Waals surface area contributed by atoms with E-state index in [0.717, 1.165) is 63.8 Å². The van der Waals surface area contributed by atoms with Crippen LogP contribution in [0.4, 0.5) is 0 Å². The number of nitrogens with two attached hydrogens (primary N) is 1. The molecular formula is C21H44N6O4S. The van der Waals surface area contributed by atoms with Crippen LogP contribution >= 0.6 is 11.8 Å². The lowest BCUT2D eigenvalue weighted by Crippen LogP contribution is -2.33. The third-order valence-electron chi connectivity index (χ3n) is 4.24. The average Bonchev–Trinajstić information content (AvgIpc) is 2.77. The van der Waals surface area contributed by atoms with Gasteiger partial charge in [-0.25, -0.2) is 11.3 Å². The number of carbonyl (C=O) groups is 4. The summed E-state index contributed by atoms with van der Waals surface area (Å²) in [6.07, 6.45) is 10.1. The average molecular weight is 477 g/mol. The zero-order chi connectivity index (χ0) is 24.5. The number of rotatable bonds is 18. The fourth-order valence-corrected chi connectivity index (χ4v) is 2.81. The zero-order valence-corrected chi connectivity index (χ0v) is 20.8. The summed E-state index contributed by atoms with van der Waals surface area (Å²) >= 11 is 1.71. The van der Waals surface area contributed by atoms with Crippen LogP contribution in [-0.2, 0) is 19.2 Å². The van der Waals surface area contributed by atoms with Gasteiger partial charge in [-0.05, 0) is 38.4 Å². The number of hydrogen-bond acceptors (Lipinski definition) is 7. The van der Waals surface area contributed by atoms with Crippen molar-refractivity contribution in [1.29, 1.82) is 0 Å². The number of nitrogens with one attached hydrogen (secondary N) is 5. The summed E-state index contributed by atoms with van der Waals surface area (Å²) in [6.45, 7) is 3.51. The number of unbranched alkanes of at least 4 members (excludes halogenated alkanes) is 4. The molecule has 0 saturated carbocycles. The fourth-order valence-electron chi connectivity index (χ4n) is 2.50. The molecule has 11 heteroatoms. The van der Waals surface area contributed by atoms with Crippen LogP contribution in [0.1, 0.15) is 77.6 Å². The van der Waals surface area contributed by atoms with Gasteiger partial charge in [0.2, 0.25) is 23.6 Å². The highest BCUT2D eigenvalue weighted by atomic mass is 32.2. The van der Waals surface area contributed by atoms with Crippen molar-refractivity contribution in [2.45, 2.75) is 77.6 Å². The predicted octanol–water partition coefficient (Wildman–Crippen LogP) is 1.12. The quantitative estimate of drug-likeness (QED) is 0.0749. The van der Waals surface area contributed by atoms with E-state index in [-0.39, 0.29) is 23.6 Å². The van der Waals surface area contributed by atoms with E-state index in [4.69, 9.17) is 5.84 Å². The molecule has 0 aliphatic heterocycles. The molecule has 32 heavy (non-hydrogen) atoms. The molecule has 0 spiro atoms. The molecule has 0 aliphatic rings. The largest absolute Gasteiger partial charge is 0.356 e. The summed E-state index contributed by atoms with van der Waals surface area (Å²) in [6, 6.07) is 0. The van der Waals surface area contributed by atoms with Gasteiger partial charge < -0.3 is 10.6 Å². The molecule has 0 saturated heterocycles. The number of hydrazine groups is 2. The van der Waals surface area contributed by atoms with Crippen LogP contribution < -0.4 is 32.8 Å². The standard InChI is InChI=1S/C11H23N3O2.C10H21N3O2S/c1-3-9-13-10(15)7-5-4-6-8-11(16)14-12-2;1-16-8-7-12-9(14)5-3-2-4-6-10(15)13-11/h12H,3-9H2,1-2H3,(H,13,15)(H,14,16);2-8,11H2,1H3,(H,12,14)(H,13,15). The molecule has 0 radical (unpaired) electrons. The molecule has 0 fully saturated rings. The first kappa shape index (κ1) is 32.3. The van der Waals surface area contributed by atoms with Crippen LogP contribution in [-0.4, -0.2) is 55.8 Å². The van der Waals surface area contributed by atoms with Crippen LogP contribution in [0.5, 0.6) is 0 Å². The van der Waals surface area contributed by atoms with Crippen molar-refractivity contribution in [3.63, 3.8) is 0 Å². The van der Waals surface area contributed by atoms with Gasteiger partial charge in [-0.3, -0.25) is 30.0 Å². The van der Waals surface area contributed by atoms with Crippen molar-refractivity contribution in [3.8, 4) is 0 Å². The Bertz CT molecular complexity index is 509. The highest BCUT2D eigenvalue weighted by Crippen LogP contribution is 2.03. The van der Waals surface area contributed by atoms with Gasteiger partial charge in [0.25, 0.3) is 0 Å². The van der Waals surface area contributed by atoms with Crippen LogP contribution in [0, 0.1) is 0 Å². The van der Waals surface area contributed by atoms with E-state index < -0.39 is 0 Å². The second kappa shape index (κ2) is 25.4. The lowest BCUT2D eigenvalue weighted by Gasteiger charge is -2.04. The van der Waals surface area contributed by atoms with Gasteiger partial charge in [0, 0.05) is 51.6 Å². The normalized spacial score (nSPS) is 9.88. The summed E-state index contributed by atoms with van der Waals surface area (Å²) in [7, 11) is 1.66. The number of amides is 4. The Hall–Kier alpha value is -1.85.